The molecular weight excluding hydrogens is 524 g/mol. The number of pyridine rings is 1. The van der Waals surface area contributed by atoms with Crippen LogP contribution >= 0.6 is 11.3 Å². The van der Waals surface area contributed by atoms with Gasteiger partial charge in [-0.05, 0) is 78.8 Å². The second kappa shape index (κ2) is 10.4. The number of fused-ring (bicyclic) bond motifs is 3. The van der Waals surface area contributed by atoms with Gasteiger partial charge >= 0.3 is 0 Å². The first kappa shape index (κ1) is 26.1. The van der Waals surface area contributed by atoms with E-state index in [-0.39, 0.29) is 11.0 Å². The summed E-state index contributed by atoms with van der Waals surface area (Å²) in [6.45, 7) is 6.31. The zero-order chi connectivity index (χ0) is 28.6. The molecule has 0 saturated carbocycles. The lowest BCUT2D eigenvalue weighted by Gasteiger charge is -2.27. The molecule has 0 radical (unpaired) electrons. The number of aromatic nitrogens is 1. The van der Waals surface area contributed by atoms with Crippen molar-refractivity contribution in [2.24, 2.45) is 0 Å². The van der Waals surface area contributed by atoms with E-state index >= 15 is 0 Å². The maximum absolute atomic E-state index is 9.26. The summed E-state index contributed by atoms with van der Waals surface area (Å²) in [7, 11) is 0. The van der Waals surface area contributed by atoms with Crippen molar-refractivity contribution in [2.75, 3.05) is 4.90 Å². The fourth-order valence-electron chi connectivity index (χ4n) is 5.32. The number of allylic oxidation sites excluding steroid dienone is 6. The fraction of sp³-hybridized carbons (Fsp3) is 0.114. The molecule has 0 N–H and O–H groups in total. The van der Waals surface area contributed by atoms with E-state index in [1.54, 1.807) is 23.5 Å². The van der Waals surface area contributed by atoms with Crippen LogP contribution in [0, 0.1) is 22.7 Å². The summed E-state index contributed by atoms with van der Waals surface area (Å²) >= 11 is 1.70. The van der Waals surface area contributed by atoms with Gasteiger partial charge in [0.2, 0.25) is 0 Å². The van der Waals surface area contributed by atoms with Crippen LogP contribution < -0.4 is 4.90 Å². The monoisotopic (exact) mass is 550 g/mol. The van der Waals surface area contributed by atoms with Crippen LogP contribution in [0.25, 0.3) is 16.6 Å². The Hall–Kier alpha value is -5.17. The maximum Gasteiger partial charge on any atom is 0.137 e. The molecule has 1 aliphatic heterocycles. The molecule has 4 aromatic rings. The molecule has 0 spiro atoms. The van der Waals surface area contributed by atoms with Crippen LogP contribution in [-0.4, -0.2) is 4.98 Å². The van der Waals surface area contributed by atoms with Crippen molar-refractivity contribution in [1.82, 2.24) is 4.98 Å². The van der Waals surface area contributed by atoms with Crippen molar-refractivity contribution in [3.05, 3.63) is 136 Å². The van der Waals surface area contributed by atoms with Crippen LogP contribution in [0.15, 0.2) is 120 Å². The summed E-state index contributed by atoms with van der Waals surface area (Å²) < 4.78 is 5.83. The minimum atomic E-state index is -0.223. The first-order chi connectivity index (χ1) is 19.9. The van der Waals surface area contributed by atoms with Crippen molar-refractivity contribution in [2.45, 2.75) is 26.2 Å². The smallest absolute Gasteiger partial charge is 0.137 e. The molecule has 6 heteroatoms. The number of hydrogen-bond acceptors (Lipinski definition) is 6. The lowest BCUT2D eigenvalue weighted by molar-refractivity contribution is 0.318. The highest BCUT2D eigenvalue weighted by Crippen LogP contribution is 2.53. The van der Waals surface area contributed by atoms with Crippen molar-refractivity contribution in [3.63, 3.8) is 0 Å². The Labute approximate surface area is 243 Å². The highest BCUT2D eigenvalue weighted by atomic mass is 32.1. The SMILES string of the molecule is CC1=CC(=C(C#N)C#N)C=C(/C=C/c2cc3c(s2)-c2ncc(N(c4ccccc4)c4ccccc4)cc2C3(C)C)O1. The van der Waals surface area contributed by atoms with Gasteiger partial charge in [-0.25, -0.2) is 0 Å². The van der Waals surface area contributed by atoms with Crippen molar-refractivity contribution in [1.29, 1.82) is 10.5 Å². The van der Waals surface area contributed by atoms with E-state index < -0.39 is 0 Å². The molecular formula is C35H26N4OS. The van der Waals surface area contributed by atoms with E-state index in [4.69, 9.17) is 9.72 Å². The van der Waals surface area contributed by atoms with Gasteiger partial charge in [-0.15, -0.1) is 11.3 Å². The lowest BCUT2D eigenvalue weighted by Crippen LogP contribution is -2.16. The molecule has 0 amide bonds. The molecule has 0 saturated heterocycles. The van der Waals surface area contributed by atoms with Gasteiger partial charge in [-0.1, -0.05) is 50.2 Å². The molecule has 0 bridgehead atoms. The van der Waals surface area contributed by atoms with Gasteiger partial charge in [0.25, 0.3) is 0 Å². The Bertz CT molecular complexity index is 1810. The van der Waals surface area contributed by atoms with Gasteiger partial charge in [-0.2, -0.15) is 10.5 Å². The van der Waals surface area contributed by atoms with Gasteiger partial charge in [0.05, 0.1) is 22.5 Å². The number of thiophene rings is 1. The predicted molar refractivity (Wildman–Crippen MR) is 165 cm³/mol. The molecule has 2 aromatic carbocycles. The summed E-state index contributed by atoms with van der Waals surface area (Å²) in [5, 5.41) is 18.5. The third kappa shape index (κ3) is 4.76. The second-order valence-electron chi connectivity index (χ2n) is 10.4. The average Bonchev–Trinajstić information content (AvgIpc) is 3.50. The van der Waals surface area contributed by atoms with E-state index in [2.05, 4.69) is 79.4 Å². The number of ether oxygens (including phenoxy) is 1. The third-order valence-corrected chi connectivity index (χ3v) is 8.44. The molecule has 41 heavy (non-hydrogen) atoms. The molecule has 198 valence electrons. The number of benzene rings is 2. The first-order valence-electron chi connectivity index (χ1n) is 13.2. The highest BCUT2D eigenvalue weighted by Gasteiger charge is 2.39. The first-order valence-corrected chi connectivity index (χ1v) is 14.1. The fourth-order valence-corrected chi connectivity index (χ4v) is 6.55. The molecule has 1 aliphatic carbocycles. The third-order valence-electron chi connectivity index (χ3n) is 7.33. The molecule has 2 aliphatic rings. The highest BCUT2D eigenvalue weighted by molar-refractivity contribution is 7.16. The minimum absolute atomic E-state index is 0.0653. The minimum Gasteiger partial charge on any atom is -0.462 e. The molecule has 6 rings (SSSR count). The molecule has 2 aromatic heterocycles. The van der Waals surface area contributed by atoms with Crippen molar-refractivity contribution in [3.8, 4) is 22.7 Å². The summed E-state index contributed by atoms with van der Waals surface area (Å²) in [6, 6.07) is 29.1. The van der Waals surface area contributed by atoms with E-state index in [0.717, 1.165) is 27.6 Å². The Morgan fingerprint density at radius 2 is 1.54 bits per heavy atom. The second-order valence-corrected chi connectivity index (χ2v) is 11.5. The Kier molecular flexibility index (Phi) is 6.63. The van der Waals surface area contributed by atoms with Gasteiger partial charge in [0.15, 0.2) is 0 Å². The zero-order valence-electron chi connectivity index (χ0n) is 22.9. The zero-order valence-corrected chi connectivity index (χ0v) is 23.7. The normalized spacial score (nSPS) is 14.7. The Balaban J connectivity index is 1.35. The Morgan fingerprint density at radius 3 is 2.17 bits per heavy atom. The van der Waals surface area contributed by atoms with Gasteiger partial charge < -0.3 is 9.64 Å². The number of para-hydroxylation sites is 2. The quantitative estimate of drug-likeness (QED) is 0.232. The van der Waals surface area contributed by atoms with Crippen LogP contribution in [0.2, 0.25) is 0 Å². The molecule has 0 atom stereocenters. The van der Waals surface area contributed by atoms with Gasteiger partial charge in [0, 0.05) is 27.2 Å². The topological polar surface area (TPSA) is 72.9 Å². The van der Waals surface area contributed by atoms with E-state index in [1.165, 1.54) is 16.0 Å². The predicted octanol–water partition coefficient (Wildman–Crippen LogP) is 9.09. The molecule has 0 unspecified atom stereocenters. The van der Waals surface area contributed by atoms with E-state index in [0.29, 0.717) is 17.1 Å². The van der Waals surface area contributed by atoms with Crippen LogP contribution in [-0.2, 0) is 10.2 Å². The van der Waals surface area contributed by atoms with Crippen molar-refractivity contribution < 1.29 is 4.74 Å². The molecule has 0 fully saturated rings. The largest absolute Gasteiger partial charge is 0.462 e. The number of hydrogen-bond donors (Lipinski definition) is 0. The van der Waals surface area contributed by atoms with Gasteiger partial charge in [0.1, 0.15) is 29.2 Å². The van der Waals surface area contributed by atoms with Crippen LogP contribution in [0.3, 0.4) is 0 Å². The summed E-state index contributed by atoms with van der Waals surface area (Å²) in [6.07, 6.45) is 9.28. The number of nitriles is 2. The summed E-state index contributed by atoms with van der Waals surface area (Å²) in [5.41, 5.74) is 7.06. The summed E-state index contributed by atoms with van der Waals surface area (Å²) in [4.78, 5) is 9.52. The van der Waals surface area contributed by atoms with Crippen LogP contribution in [0.4, 0.5) is 17.1 Å². The van der Waals surface area contributed by atoms with Crippen LogP contribution in [0.5, 0.6) is 0 Å². The number of anilines is 3. The molecule has 5 nitrogen and oxygen atoms in total. The van der Waals surface area contributed by atoms with Crippen molar-refractivity contribution >= 4 is 34.5 Å². The molecule has 3 heterocycles. The van der Waals surface area contributed by atoms with E-state index in [9.17, 15) is 10.5 Å². The summed E-state index contributed by atoms with van der Waals surface area (Å²) in [5.74, 6) is 1.22. The Morgan fingerprint density at radius 1 is 0.878 bits per heavy atom. The van der Waals surface area contributed by atoms with E-state index in [1.807, 2.05) is 49.5 Å². The lowest BCUT2D eigenvalue weighted by atomic mass is 9.83. The van der Waals surface area contributed by atoms with Crippen LogP contribution in [0.1, 0.15) is 36.8 Å². The number of rotatable bonds is 5. The standard InChI is InChI=1S/C35H26N4OS/c1-23-16-24(25(20-36)21-37)17-29(40-23)14-15-30-19-32-34(41-30)33-31(35(32,2)3)18-28(22-38-33)39(26-10-6-4-7-11-26)27-12-8-5-9-13-27/h4-19,22H,1-3H3/b15-14+. The van der Waals surface area contributed by atoms with Gasteiger partial charge in [-0.3, -0.25) is 4.98 Å². The maximum atomic E-state index is 9.26. The number of nitrogens with zero attached hydrogens (tertiary/aromatic N) is 4. The average molecular weight is 551 g/mol.